The number of carbonyl (C=O) groups excluding carboxylic acids is 1. The van der Waals surface area contributed by atoms with Crippen LogP contribution >= 0.6 is 22.6 Å². The minimum atomic E-state index is 0.325. The molecule has 0 radical (unpaired) electrons. The Morgan fingerprint density at radius 1 is 0.957 bits per heavy atom. The molecule has 4 aliphatic carbocycles. The highest BCUT2D eigenvalue weighted by Crippen LogP contribution is 2.68. The summed E-state index contributed by atoms with van der Waals surface area (Å²) >= 11 is 2.80. The van der Waals surface area contributed by atoms with Crippen molar-refractivity contribution in [2.45, 2.75) is 82.5 Å². The molecule has 0 N–H and O–H groups in total. The molecule has 1 nitrogen and oxygen atoms in total. The minimum Gasteiger partial charge on any atom is -0.300 e. The summed E-state index contributed by atoms with van der Waals surface area (Å²) in [5.74, 6) is 4.49. The molecular formula is C21H33IO. The fourth-order valence-corrected chi connectivity index (χ4v) is 9.35. The van der Waals surface area contributed by atoms with Gasteiger partial charge in [-0.3, -0.25) is 4.79 Å². The molecule has 130 valence electrons. The normalized spacial score (nSPS) is 55.7. The summed E-state index contributed by atoms with van der Waals surface area (Å²) in [6, 6.07) is 0. The number of rotatable bonds is 1. The van der Waals surface area contributed by atoms with Crippen LogP contribution in [0.15, 0.2) is 0 Å². The number of hydrogen-bond donors (Lipinski definition) is 0. The van der Waals surface area contributed by atoms with Gasteiger partial charge in [0.1, 0.15) is 5.78 Å². The van der Waals surface area contributed by atoms with E-state index in [4.69, 9.17) is 0 Å². The summed E-state index contributed by atoms with van der Waals surface area (Å²) in [6.45, 7) is 6.99. The van der Waals surface area contributed by atoms with Gasteiger partial charge in [0.25, 0.3) is 0 Å². The van der Waals surface area contributed by atoms with Crippen molar-refractivity contribution in [1.82, 2.24) is 0 Å². The molecule has 4 rings (SSSR count). The zero-order valence-electron chi connectivity index (χ0n) is 15.1. The lowest BCUT2D eigenvalue weighted by molar-refractivity contribution is -0.132. The Balaban J connectivity index is 1.66. The molecular weight excluding hydrogens is 395 g/mol. The van der Waals surface area contributed by atoms with E-state index in [0.717, 1.165) is 27.6 Å². The molecule has 0 spiro atoms. The molecule has 0 aliphatic heterocycles. The first-order valence-electron chi connectivity index (χ1n) is 10.0. The van der Waals surface area contributed by atoms with Gasteiger partial charge in [-0.2, -0.15) is 0 Å². The Kier molecular flexibility index (Phi) is 4.18. The molecule has 0 bridgehead atoms. The van der Waals surface area contributed by atoms with E-state index >= 15 is 0 Å². The predicted octanol–water partition coefficient (Wildman–Crippen LogP) is 6.04. The van der Waals surface area contributed by atoms with E-state index in [9.17, 15) is 4.79 Å². The van der Waals surface area contributed by atoms with Crippen LogP contribution in [0.5, 0.6) is 0 Å². The van der Waals surface area contributed by atoms with Gasteiger partial charge in [-0.15, -0.1) is 0 Å². The second-order valence-electron chi connectivity index (χ2n) is 9.70. The third-order valence-corrected chi connectivity index (χ3v) is 11.1. The maximum absolute atomic E-state index is 12.2. The van der Waals surface area contributed by atoms with E-state index in [1.807, 2.05) is 6.92 Å². The zero-order chi connectivity index (χ0) is 16.4. The summed E-state index contributed by atoms with van der Waals surface area (Å²) in [5, 5.41) is 0. The lowest BCUT2D eigenvalue weighted by Crippen LogP contribution is -2.56. The summed E-state index contributed by atoms with van der Waals surface area (Å²) in [6.07, 6.45) is 12.5. The highest BCUT2D eigenvalue weighted by Gasteiger charge is 2.61. The van der Waals surface area contributed by atoms with Gasteiger partial charge in [-0.05, 0) is 92.8 Å². The van der Waals surface area contributed by atoms with Crippen LogP contribution in [0.25, 0.3) is 0 Å². The van der Waals surface area contributed by atoms with E-state index in [-0.39, 0.29) is 0 Å². The van der Waals surface area contributed by atoms with Crippen molar-refractivity contribution in [3.05, 3.63) is 0 Å². The Bertz CT molecular complexity index is 502. The van der Waals surface area contributed by atoms with Gasteiger partial charge in [-0.25, -0.2) is 0 Å². The van der Waals surface area contributed by atoms with Crippen molar-refractivity contribution >= 4 is 28.4 Å². The monoisotopic (exact) mass is 428 g/mol. The van der Waals surface area contributed by atoms with Gasteiger partial charge in [0, 0.05) is 9.84 Å². The molecule has 8 atom stereocenters. The van der Waals surface area contributed by atoms with E-state index in [0.29, 0.717) is 22.5 Å². The van der Waals surface area contributed by atoms with Crippen LogP contribution in [0.1, 0.15) is 78.6 Å². The summed E-state index contributed by atoms with van der Waals surface area (Å²) in [4.78, 5) is 12.2. The van der Waals surface area contributed by atoms with E-state index in [1.54, 1.807) is 0 Å². The van der Waals surface area contributed by atoms with Crippen molar-refractivity contribution in [3.8, 4) is 0 Å². The first-order chi connectivity index (χ1) is 10.9. The molecule has 0 heterocycles. The number of ketones is 1. The quantitative estimate of drug-likeness (QED) is 0.368. The summed E-state index contributed by atoms with van der Waals surface area (Å²) in [5.41, 5.74) is 0.906. The Morgan fingerprint density at radius 2 is 1.74 bits per heavy atom. The predicted molar refractivity (Wildman–Crippen MR) is 104 cm³/mol. The van der Waals surface area contributed by atoms with E-state index in [2.05, 4.69) is 36.4 Å². The smallest absolute Gasteiger partial charge is 0.133 e. The molecule has 0 saturated heterocycles. The van der Waals surface area contributed by atoms with E-state index < -0.39 is 0 Å². The first kappa shape index (κ1) is 16.8. The van der Waals surface area contributed by atoms with Crippen molar-refractivity contribution in [2.75, 3.05) is 0 Å². The molecule has 0 aromatic carbocycles. The van der Waals surface area contributed by atoms with Crippen molar-refractivity contribution in [1.29, 1.82) is 0 Å². The van der Waals surface area contributed by atoms with Gasteiger partial charge in [0.15, 0.2) is 0 Å². The van der Waals surface area contributed by atoms with Gasteiger partial charge in [0.2, 0.25) is 0 Å². The largest absolute Gasteiger partial charge is 0.300 e. The fourth-order valence-electron chi connectivity index (χ4n) is 7.94. The molecule has 4 fully saturated rings. The highest BCUT2D eigenvalue weighted by molar-refractivity contribution is 14.1. The highest BCUT2D eigenvalue weighted by atomic mass is 127. The number of carbonyl (C=O) groups is 1. The second-order valence-corrected chi connectivity index (χ2v) is 11.2. The number of fused-ring (bicyclic) bond motifs is 5. The average Bonchev–Trinajstić information content (AvgIpc) is 2.86. The zero-order valence-corrected chi connectivity index (χ0v) is 17.3. The second kappa shape index (κ2) is 5.71. The van der Waals surface area contributed by atoms with Gasteiger partial charge < -0.3 is 0 Å². The molecule has 0 aromatic heterocycles. The third kappa shape index (κ3) is 2.25. The van der Waals surface area contributed by atoms with Crippen LogP contribution in [0.4, 0.5) is 0 Å². The summed E-state index contributed by atoms with van der Waals surface area (Å²) < 4.78 is 0.876. The molecule has 2 heteroatoms. The first-order valence-corrected chi connectivity index (χ1v) is 11.3. The third-order valence-electron chi connectivity index (χ3n) is 9.14. The van der Waals surface area contributed by atoms with Crippen LogP contribution in [-0.2, 0) is 4.79 Å². The molecule has 0 aromatic rings. The standard InChI is InChI=1S/C21H33IO/c1-13(23)16-9-10-17-15-8-7-14-5-4-6-19(22)21(14,3)18(15)11-12-20(16,17)2/h14-19H,4-12H2,1-3H3/t14-,15-,16+,17-,18-,19?,20-,21-/m0/s1. The number of hydrogen-bond acceptors (Lipinski definition) is 1. The Hall–Kier alpha value is 0.400. The van der Waals surface area contributed by atoms with Gasteiger partial charge in [0.05, 0.1) is 0 Å². The van der Waals surface area contributed by atoms with Gasteiger partial charge in [-0.1, -0.05) is 42.9 Å². The lowest BCUT2D eigenvalue weighted by atomic mass is 9.45. The minimum absolute atomic E-state index is 0.325. The number of halogens is 1. The maximum atomic E-state index is 12.2. The molecule has 4 saturated carbocycles. The Labute approximate surface area is 155 Å². The van der Waals surface area contributed by atoms with Crippen LogP contribution in [0.3, 0.4) is 0 Å². The SMILES string of the molecule is CC(=O)[C@H]1CC[C@H]2[C@@H]3CC[C@@H]4CCCC(I)[C@]4(C)[C@H]3CC[C@@]12C. The van der Waals surface area contributed by atoms with Crippen molar-refractivity contribution in [2.24, 2.45) is 40.4 Å². The number of alkyl halides is 1. The lowest BCUT2D eigenvalue weighted by Gasteiger charge is -2.62. The van der Waals surface area contributed by atoms with Crippen LogP contribution in [0.2, 0.25) is 0 Å². The molecule has 1 unspecified atom stereocenters. The van der Waals surface area contributed by atoms with Crippen molar-refractivity contribution < 1.29 is 4.79 Å². The van der Waals surface area contributed by atoms with Crippen LogP contribution in [-0.4, -0.2) is 9.71 Å². The van der Waals surface area contributed by atoms with Gasteiger partial charge >= 0.3 is 0 Å². The molecule has 4 aliphatic rings. The van der Waals surface area contributed by atoms with Crippen LogP contribution < -0.4 is 0 Å². The maximum Gasteiger partial charge on any atom is 0.133 e. The van der Waals surface area contributed by atoms with Crippen LogP contribution in [0, 0.1) is 40.4 Å². The Morgan fingerprint density at radius 3 is 2.48 bits per heavy atom. The van der Waals surface area contributed by atoms with Crippen molar-refractivity contribution in [3.63, 3.8) is 0 Å². The average molecular weight is 428 g/mol. The fraction of sp³-hybridized carbons (Fsp3) is 0.952. The molecule has 0 amide bonds. The number of Topliss-reactive ketones (excluding diaryl/α,β-unsaturated/α-hetero) is 1. The van der Waals surface area contributed by atoms with E-state index in [1.165, 1.54) is 57.8 Å². The topological polar surface area (TPSA) is 17.1 Å². The summed E-state index contributed by atoms with van der Waals surface area (Å²) in [7, 11) is 0. The molecule has 23 heavy (non-hydrogen) atoms.